The molecule has 0 radical (unpaired) electrons. The van der Waals surface area contributed by atoms with Gasteiger partial charge in [0.2, 0.25) is 5.95 Å². The Hall–Kier alpha value is -1.59. The van der Waals surface area contributed by atoms with Crippen molar-refractivity contribution in [3.63, 3.8) is 0 Å². The highest BCUT2D eigenvalue weighted by molar-refractivity contribution is 7.98. The largest absolute Gasteiger partial charge is 0.338 e. The first-order valence-corrected chi connectivity index (χ1v) is 8.45. The maximum absolute atomic E-state index is 4.32. The third kappa shape index (κ3) is 3.74. The SMILES string of the molecule is CSc1ccc(CN2CCN(c3ncccn3)CC2)cc1. The fraction of sp³-hybridized carbons (Fsp3) is 0.375. The number of anilines is 1. The Kier molecular flexibility index (Phi) is 4.72. The number of hydrogen-bond acceptors (Lipinski definition) is 5. The monoisotopic (exact) mass is 300 g/mol. The minimum Gasteiger partial charge on any atom is -0.338 e. The molecule has 0 aliphatic carbocycles. The van der Waals surface area contributed by atoms with Gasteiger partial charge in [0.15, 0.2) is 0 Å². The Morgan fingerprint density at radius 2 is 1.67 bits per heavy atom. The number of aromatic nitrogens is 2. The number of thioether (sulfide) groups is 1. The number of benzene rings is 1. The van der Waals surface area contributed by atoms with Crippen molar-refractivity contribution in [2.75, 3.05) is 37.3 Å². The van der Waals surface area contributed by atoms with Crippen LogP contribution in [0.25, 0.3) is 0 Å². The summed E-state index contributed by atoms with van der Waals surface area (Å²) in [5.74, 6) is 0.849. The van der Waals surface area contributed by atoms with Crippen LogP contribution in [0.1, 0.15) is 5.56 Å². The van der Waals surface area contributed by atoms with E-state index in [-0.39, 0.29) is 0 Å². The molecule has 0 saturated carbocycles. The second kappa shape index (κ2) is 6.91. The second-order valence-corrected chi connectivity index (χ2v) is 6.04. The van der Waals surface area contributed by atoms with E-state index >= 15 is 0 Å². The summed E-state index contributed by atoms with van der Waals surface area (Å²) >= 11 is 1.79. The van der Waals surface area contributed by atoms with Crippen LogP contribution in [0, 0.1) is 0 Å². The molecule has 1 aromatic heterocycles. The van der Waals surface area contributed by atoms with Gasteiger partial charge in [-0.15, -0.1) is 11.8 Å². The maximum atomic E-state index is 4.32. The van der Waals surface area contributed by atoms with Crippen molar-refractivity contribution in [2.24, 2.45) is 0 Å². The van der Waals surface area contributed by atoms with E-state index in [1.807, 2.05) is 18.5 Å². The standard InChI is InChI=1S/C16H20N4S/c1-21-15-5-3-14(4-6-15)13-19-9-11-20(12-10-19)16-17-7-2-8-18-16/h2-8H,9-13H2,1H3. The molecule has 0 atom stereocenters. The molecule has 0 unspecified atom stereocenters. The zero-order valence-corrected chi connectivity index (χ0v) is 13.1. The summed E-state index contributed by atoms with van der Waals surface area (Å²) in [5, 5.41) is 0. The van der Waals surface area contributed by atoms with E-state index < -0.39 is 0 Å². The molecule has 0 amide bonds. The third-order valence-electron chi connectivity index (χ3n) is 3.77. The van der Waals surface area contributed by atoms with Crippen molar-refractivity contribution in [1.29, 1.82) is 0 Å². The van der Waals surface area contributed by atoms with Crippen LogP contribution < -0.4 is 4.90 Å². The summed E-state index contributed by atoms with van der Waals surface area (Å²) < 4.78 is 0. The van der Waals surface area contributed by atoms with Crippen molar-refractivity contribution in [3.8, 4) is 0 Å². The quantitative estimate of drug-likeness (QED) is 0.810. The average molecular weight is 300 g/mol. The van der Waals surface area contributed by atoms with Crippen LogP contribution in [0.4, 0.5) is 5.95 Å². The number of hydrogen-bond donors (Lipinski definition) is 0. The molecule has 1 aliphatic heterocycles. The summed E-state index contributed by atoms with van der Waals surface area (Å²) in [4.78, 5) is 14.7. The summed E-state index contributed by atoms with van der Waals surface area (Å²) in [6, 6.07) is 10.7. The first-order chi connectivity index (χ1) is 10.3. The molecule has 3 rings (SSSR count). The molecule has 0 bridgehead atoms. The lowest BCUT2D eigenvalue weighted by atomic mass is 10.2. The molecule has 1 aliphatic rings. The van der Waals surface area contributed by atoms with Gasteiger partial charge in [0.1, 0.15) is 0 Å². The van der Waals surface area contributed by atoms with Gasteiger partial charge in [-0.05, 0) is 30.0 Å². The van der Waals surface area contributed by atoms with Crippen molar-refractivity contribution >= 4 is 17.7 Å². The van der Waals surface area contributed by atoms with Crippen LogP contribution in [0.15, 0.2) is 47.6 Å². The molecule has 1 fully saturated rings. The summed E-state index contributed by atoms with van der Waals surface area (Å²) in [6.07, 6.45) is 5.73. The van der Waals surface area contributed by atoms with Gasteiger partial charge in [-0.1, -0.05) is 12.1 Å². The Balaban J connectivity index is 1.53. The third-order valence-corrected chi connectivity index (χ3v) is 4.52. The van der Waals surface area contributed by atoms with Crippen molar-refractivity contribution < 1.29 is 0 Å². The van der Waals surface area contributed by atoms with Gasteiger partial charge in [0.05, 0.1) is 0 Å². The van der Waals surface area contributed by atoms with Gasteiger partial charge in [-0.25, -0.2) is 9.97 Å². The van der Waals surface area contributed by atoms with Gasteiger partial charge in [0, 0.05) is 50.0 Å². The highest BCUT2D eigenvalue weighted by Gasteiger charge is 2.18. The van der Waals surface area contributed by atoms with Crippen LogP contribution >= 0.6 is 11.8 Å². The fourth-order valence-corrected chi connectivity index (χ4v) is 2.96. The van der Waals surface area contributed by atoms with E-state index in [9.17, 15) is 0 Å². The van der Waals surface area contributed by atoms with E-state index in [4.69, 9.17) is 0 Å². The number of rotatable bonds is 4. The number of nitrogens with zero attached hydrogens (tertiary/aromatic N) is 4. The van der Waals surface area contributed by atoms with E-state index in [1.165, 1.54) is 10.5 Å². The first kappa shape index (κ1) is 14.4. The minimum atomic E-state index is 0.849. The summed E-state index contributed by atoms with van der Waals surface area (Å²) in [7, 11) is 0. The molecular weight excluding hydrogens is 280 g/mol. The van der Waals surface area contributed by atoms with Crippen LogP contribution in [-0.2, 0) is 6.54 Å². The lowest BCUT2D eigenvalue weighted by molar-refractivity contribution is 0.248. The first-order valence-electron chi connectivity index (χ1n) is 7.22. The zero-order valence-electron chi connectivity index (χ0n) is 12.3. The normalized spacial score (nSPS) is 16.1. The highest BCUT2D eigenvalue weighted by atomic mass is 32.2. The number of piperazine rings is 1. The molecule has 21 heavy (non-hydrogen) atoms. The zero-order chi connectivity index (χ0) is 14.5. The maximum Gasteiger partial charge on any atom is 0.225 e. The molecule has 5 heteroatoms. The summed E-state index contributed by atoms with van der Waals surface area (Å²) in [5.41, 5.74) is 1.39. The van der Waals surface area contributed by atoms with E-state index in [1.54, 1.807) is 11.8 Å². The molecule has 110 valence electrons. The van der Waals surface area contributed by atoms with Gasteiger partial charge in [0.25, 0.3) is 0 Å². The molecule has 1 aromatic carbocycles. The van der Waals surface area contributed by atoms with E-state index in [0.29, 0.717) is 0 Å². The van der Waals surface area contributed by atoms with E-state index in [2.05, 4.69) is 50.3 Å². The Morgan fingerprint density at radius 1 is 1.00 bits per heavy atom. The predicted molar refractivity (Wildman–Crippen MR) is 87.7 cm³/mol. The van der Waals surface area contributed by atoms with Gasteiger partial charge >= 0.3 is 0 Å². The molecule has 2 heterocycles. The molecule has 4 nitrogen and oxygen atoms in total. The van der Waals surface area contributed by atoms with Crippen LogP contribution in [0.5, 0.6) is 0 Å². The van der Waals surface area contributed by atoms with E-state index in [0.717, 1.165) is 38.7 Å². The lowest BCUT2D eigenvalue weighted by Crippen LogP contribution is -2.46. The van der Waals surface area contributed by atoms with Crippen molar-refractivity contribution in [1.82, 2.24) is 14.9 Å². The van der Waals surface area contributed by atoms with Crippen LogP contribution in [0.3, 0.4) is 0 Å². The van der Waals surface area contributed by atoms with Gasteiger partial charge in [-0.3, -0.25) is 4.90 Å². The van der Waals surface area contributed by atoms with Crippen molar-refractivity contribution in [3.05, 3.63) is 48.3 Å². The molecule has 2 aromatic rings. The van der Waals surface area contributed by atoms with Crippen LogP contribution in [-0.4, -0.2) is 47.3 Å². The second-order valence-electron chi connectivity index (χ2n) is 5.16. The Labute approximate surface area is 130 Å². The topological polar surface area (TPSA) is 32.3 Å². The van der Waals surface area contributed by atoms with Gasteiger partial charge in [-0.2, -0.15) is 0 Å². The smallest absolute Gasteiger partial charge is 0.225 e. The molecular formula is C16H20N4S. The predicted octanol–water partition coefficient (Wildman–Crippen LogP) is 2.52. The fourth-order valence-electron chi connectivity index (χ4n) is 2.55. The minimum absolute atomic E-state index is 0.849. The Morgan fingerprint density at radius 3 is 2.29 bits per heavy atom. The average Bonchev–Trinajstić information content (AvgIpc) is 2.57. The molecule has 0 N–H and O–H groups in total. The van der Waals surface area contributed by atoms with Gasteiger partial charge < -0.3 is 4.90 Å². The van der Waals surface area contributed by atoms with Crippen LogP contribution in [0.2, 0.25) is 0 Å². The van der Waals surface area contributed by atoms with Crippen molar-refractivity contribution in [2.45, 2.75) is 11.4 Å². The Bertz CT molecular complexity index is 550. The molecule has 0 spiro atoms. The highest BCUT2D eigenvalue weighted by Crippen LogP contribution is 2.17. The molecule has 1 saturated heterocycles. The lowest BCUT2D eigenvalue weighted by Gasteiger charge is -2.34. The summed E-state index contributed by atoms with van der Waals surface area (Å²) in [6.45, 7) is 5.13.